The fraction of sp³-hybridized carbons (Fsp3) is 0.667. The van der Waals surface area contributed by atoms with Crippen LogP contribution in [0.4, 0.5) is 0 Å². The van der Waals surface area contributed by atoms with Crippen LogP contribution in [-0.2, 0) is 20.7 Å². The van der Waals surface area contributed by atoms with Crippen molar-refractivity contribution in [3.8, 4) is 6.07 Å². The van der Waals surface area contributed by atoms with E-state index in [0.717, 1.165) is 4.83 Å². The highest BCUT2D eigenvalue weighted by molar-refractivity contribution is 7.79. The first kappa shape index (κ1) is 13.5. The van der Waals surface area contributed by atoms with Gasteiger partial charge in [-0.15, -0.1) is 4.83 Å². The predicted octanol–water partition coefficient (Wildman–Crippen LogP) is 0.110. The molecule has 0 bridgehead atoms. The maximum atomic E-state index is 10.5. The summed E-state index contributed by atoms with van der Waals surface area (Å²) in [6.07, 6.45) is 0.794. The van der Waals surface area contributed by atoms with Crippen LogP contribution in [0.5, 0.6) is 0 Å². The Bertz CT molecular complexity index is 239. The molecule has 2 unspecified atom stereocenters. The molecule has 0 radical (unpaired) electrons. The maximum absolute atomic E-state index is 10.5. The van der Waals surface area contributed by atoms with Gasteiger partial charge in [0.15, 0.2) is 0 Å². The summed E-state index contributed by atoms with van der Waals surface area (Å²) >= 11 is -2.29. The summed E-state index contributed by atoms with van der Waals surface area (Å²) in [5.41, 5.74) is 0. The molecule has 6 nitrogen and oxygen atoms in total. The van der Waals surface area contributed by atoms with Gasteiger partial charge in [0.25, 0.3) is 0 Å². The van der Waals surface area contributed by atoms with Crippen LogP contribution in [0.25, 0.3) is 0 Å². The second-order valence-corrected chi connectivity index (χ2v) is 4.39. The fourth-order valence-corrected chi connectivity index (χ4v) is 2.18. The summed E-state index contributed by atoms with van der Waals surface area (Å²) in [7, 11) is -0.00954. The highest BCUT2D eigenvalue weighted by Gasteiger charge is 2.07. The van der Waals surface area contributed by atoms with Gasteiger partial charge in [0.2, 0.25) is 0 Å². The second-order valence-electron chi connectivity index (χ2n) is 2.21. The molecule has 0 saturated carbocycles. The molecule has 8 heteroatoms. The molecule has 2 atom stereocenters. The van der Waals surface area contributed by atoms with Gasteiger partial charge in [0.1, 0.15) is 5.88 Å². The molecule has 0 aromatic carbocycles. The zero-order valence-corrected chi connectivity index (χ0v) is 9.37. The van der Waals surface area contributed by atoms with Gasteiger partial charge in [-0.25, -0.2) is 0 Å². The average Bonchev–Trinajstić information content (AvgIpc) is 2.02. The maximum Gasteiger partial charge on any atom is 0.322 e. The van der Waals surface area contributed by atoms with E-state index in [1.165, 1.54) is 6.92 Å². The number of hydrogen-bond acceptors (Lipinski definition) is 6. The van der Waals surface area contributed by atoms with Crippen LogP contribution in [0.3, 0.4) is 0 Å². The molecular formula is C6H10N2O4PS-. The van der Waals surface area contributed by atoms with Crippen molar-refractivity contribution in [3.63, 3.8) is 0 Å². The van der Waals surface area contributed by atoms with Gasteiger partial charge in [-0.3, -0.25) is 9.00 Å². The lowest BCUT2D eigenvalue weighted by Crippen LogP contribution is -2.22. The zero-order valence-electron chi connectivity index (χ0n) is 7.56. The second kappa shape index (κ2) is 7.83. The molecule has 0 aliphatic carbocycles. The van der Waals surface area contributed by atoms with Crippen LogP contribution < -0.4 is 0 Å². The SMILES string of the molecule is CC(=O)ON(CS(=O)[O-])PCCC#N. The van der Waals surface area contributed by atoms with Gasteiger partial charge in [0, 0.05) is 13.3 Å². The molecule has 0 N–H and O–H groups in total. The van der Waals surface area contributed by atoms with Crippen LogP contribution in [0, 0.1) is 11.3 Å². The standard InChI is InChI=1S/C6H11N2O4PS/c1-6(9)12-8(5-14(10)11)13-4-2-3-7/h13H,2,4-5H2,1H3,(H,10,11)/p-1. The number of hydrogen-bond donors (Lipinski definition) is 0. The average molecular weight is 237 g/mol. The van der Waals surface area contributed by atoms with Crippen molar-refractivity contribution in [1.82, 2.24) is 4.83 Å². The highest BCUT2D eigenvalue weighted by Crippen LogP contribution is 2.19. The normalized spacial score (nSPS) is 13.0. The van der Waals surface area contributed by atoms with Gasteiger partial charge < -0.3 is 9.39 Å². The number of carbonyl (C=O) groups excluding carboxylic acids is 1. The Labute approximate surface area is 86.3 Å². The van der Waals surface area contributed by atoms with E-state index in [1.807, 2.05) is 6.07 Å². The van der Waals surface area contributed by atoms with E-state index in [1.54, 1.807) is 0 Å². The summed E-state index contributed by atoms with van der Waals surface area (Å²) in [5.74, 6) is -0.927. The summed E-state index contributed by atoms with van der Waals surface area (Å²) in [6.45, 7) is 1.19. The van der Waals surface area contributed by atoms with Crippen molar-refractivity contribution < 1.29 is 18.4 Å². The van der Waals surface area contributed by atoms with Crippen molar-refractivity contribution in [2.24, 2.45) is 0 Å². The molecule has 14 heavy (non-hydrogen) atoms. The van der Waals surface area contributed by atoms with Gasteiger partial charge in [-0.2, -0.15) is 5.26 Å². The Morgan fingerprint density at radius 1 is 1.79 bits per heavy atom. The predicted molar refractivity (Wildman–Crippen MR) is 50.8 cm³/mol. The molecule has 0 aliphatic heterocycles. The minimum Gasteiger partial charge on any atom is -0.771 e. The van der Waals surface area contributed by atoms with Crippen LogP contribution >= 0.6 is 8.73 Å². The molecule has 0 rings (SSSR count). The van der Waals surface area contributed by atoms with E-state index in [2.05, 4.69) is 4.84 Å². The molecule has 0 fully saturated rings. The molecule has 80 valence electrons. The van der Waals surface area contributed by atoms with Gasteiger partial charge in [0.05, 0.1) is 6.07 Å². The first-order chi connectivity index (χ1) is 6.56. The lowest BCUT2D eigenvalue weighted by Gasteiger charge is -2.20. The van der Waals surface area contributed by atoms with Crippen molar-refractivity contribution >= 4 is 25.8 Å². The first-order valence-corrected chi connectivity index (χ1v) is 6.08. The summed E-state index contributed by atoms with van der Waals surface area (Å²) in [5, 5.41) is 8.25. The third-order valence-electron chi connectivity index (χ3n) is 0.986. The summed E-state index contributed by atoms with van der Waals surface area (Å²) < 4.78 is 20.7. The number of rotatable bonds is 6. The lowest BCUT2D eigenvalue weighted by atomic mass is 10.6. The Balaban J connectivity index is 3.91. The minimum absolute atomic E-state index is 0.00954. The van der Waals surface area contributed by atoms with Gasteiger partial charge in [-0.1, -0.05) is 0 Å². The summed E-state index contributed by atoms with van der Waals surface area (Å²) in [6, 6.07) is 1.92. The van der Waals surface area contributed by atoms with Gasteiger partial charge >= 0.3 is 5.97 Å². The number of nitrogens with zero attached hydrogens (tertiary/aromatic N) is 2. The fourth-order valence-electron chi connectivity index (χ4n) is 0.592. The molecule has 0 spiro atoms. The topological polar surface area (TPSA) is 93.5 Å². The van der Waals surface area contributed by atoms with E-state index in [9.17, 15) is 13.6 Å². The van der Waals surface area contributed by atoms with Crippen molar-refractivity contribution in [1.29, 1.82) is 5.26 Å². The van der Waals surface area contributed by atoms with Crippen molar-refractivity contribution in [3.05, 3.63) is 0 Å². The van der Waals surface area contributed by atoms with Crippen LogP contribution in [-0.4, -0.2) is 31.6 Å². The summed E-state index contributed by atoms with van der Waals surface area (Å²) in [4.78, 5) is 16.2. The van der Waals surface area contributed by atoms with Crippen LogP contribution in [0.2, 0.25) is 0 Å². The lowest BCUT2D eigenvalue weighted by molar-refractivity contribution is -0.163. The molecule has 0 saturated heterocycles. The van der Waals surface area contributed by atoms with E-state index >= 15 is 0 Å². The Morgan fingerprint density at radius 3 is 2.86 bits per heavy atom. The van der Waals surface area contributed by atoms with Crippen LogP contribution in [0.15, 0.2) is 0 Å². The van der Waals surface area contributed by atoms with Gasteiger partial charge in [-0.05, 0) is 26.0 Å². The Hall–Kier alpha value is -0.540. The number of carbonyl (C=O) groups is 1. The van der Waals surface area contributed by atoms with E-state index in [4.69, 9.17) is 5.26 Å². The van der Waals surface area contributed by atoms with Crippen molar-refractivity contribution in [2.75, 3.05) is 12.0 Å². The molecule has 0 heterocycles. The highest BCUT2D eigenvalue weighted by atomic mass is 32.2. The zero-order chi connectivity index (χ0) is 11.0. The smallest absolute Gasteiger partial charge is 0.322 e. The Kier molecular flexibility index (Phi) is 7.52. The third-order valence-corrected chi connectivity index (χ3v) is 2.74. The molecule has 0 aliphatic rings. The minimum atomic E-state index is -2.29. The number of hydroxylamine groups is 1. The number of nitriles is 1. The van der Waals surface area contributed by atoms with E-state index in [0.29, 0.717) is 12.6 Å². The van der Waals surface area contributed by atoms with Crippen molar-refractivity contribution in [2.45, 2.75) is 13.3 Å². The quantitative estimate of drug-likeness (QED) is 0.281. The monoisotopic (exact) mass is 237 g/mol. The molecule has 0 aromatic heterocycles. The molecular weight excluding hydrogens is 227 g/mol. The first-order valence-electron chi connectivity index (χ1n) is 3.68. The molecule has 0 aromatic rings. The molecule has 0 amide bonds. The van der Waals surface area contributed by atoms with Crippen LogP contribution in [0.1, 0.15) is 13.3 Å². The Morgan fingerprint density at radius 2 is 2.43 bits per heavy atom. The third kappa shape index (κ3) is 8.08. The van der Waals surface area contributed by atoms with E-state index < -0.39 is 17.0 Å². The van der Waals surface area contributed by atoms with E-state index in [-0.39, 0.29) is 14.6 Å². The largest absolute Gasteiger partial charge is 0.771 e.